The molecule has 9 nitrogen and oxygen atoms in total. The number of fused-ring (bicyclic) bond motifs is 2. The topological polar surface area (TPSA) is 121 Å². The summed E-state index contributed by atoms with van der Waals surface area (Å²) in [5.41, 5.74) is 0.295. The number of esters is 1. The lowest BCUT2D eigenvalue weighted by molar-refractivity contribution is -0.137. The second-order valence-electron chi connectivity index (χ2n) is 8.89. The van der Waals surface area contributed by atoms with Gasteiger partial charge in [0.2, 0.25) is 0 Å². The van der Waals surface area contributed by atoms with E-state index in [-0.39, 0.29) is 53.0 Å². The fraction of sp³-hybridized carbons (Fsp3) is 0.480. The molecule has 10 heteroatoms. The smallest absolute Gasteiger partial charge is 0.342 e. The summed E-state index contributed by atoms with van der Waals surface area (Å²) in [5.74, 6) is -1.78. The van der Waals surface area contributed by atoms with Crippen molar-refractivity contribution in [2.24, 2.45) is 5.16 Å². The predicted molar refractivity (Wildman–Crippen MR) is 129 cm³/mol. The first-order valence-corrected chi connectivity index (χ1v) is 12.1. The third-order valence-electron chi connectivity index (χ3n) is 6.16. The van der Waals surface area contributed by atoms with Gasteiger partial charge >= 0.3 is 5.97 Å². The summed E-state index contributed by atoms with van der Waals surface area (Å²) in [6.07, 6.45) is 9.94. The number of carbonyl (C=O) groups is 2. The Morgan fingerprint density at radius 1 is 1.23 bits per heavy atom. The largest absolute Gasteiger partial charge is 0.507 e. The Bertz CT molecular complexity index is 1060. The number of hydrogen-bond donors (Lipinski definition) is 2. The zero-order chi connectivity index (χ0) is 24.9. The van der Waals surface area contributed by atoms with Gasteiger partial charge in [-0.1, -0.05) is 35.0 Å². The van der Waals surface area contributed by atoms with Gasteiger partial charge in [-0.25, -0.2) is 4.79 Å². The number of piperidine rings is 1. The van der Waals surface area contributed by atoms with Gasteiger partial charge < -0.3 is 29.4 Å². The lowest BCUT2D eigenvalue weighted by Gasteiger charge is -2.26. The summed E-state index contributed by atoms with van der Waals surface area (Å²) in [5, 5.41) is 24.6. The molecule has 0 radical (unpaired) electrons. The number of hydrogen-bond acceptors (Lipinski definition) is 8. The Morgan fingerprint density at radius 2 is 2.00 bits per heavy atom. The van der Waals surface area contributed by atoms with Gasteiger partial charge in [0.1, 0.15) is 29.3 Å². The van der Waals surface area contributed by atoms with Crippen LogP contribution in [0.1, 0.15) is 48.5 Å². The second kappa shape index (κ2) is 11.1. The van der Waals surface area contributed by atoms with Gasteiger partial charge in [0.05, 0.1) is 16.8 Å². The summed E-state index contributed by atoms with van der Waals surface area (Å²) in [4.78, 5) is 32.5. The third kappa shape index (κ3) is 6.35. The minimum atomic E-state index is -0.777. The Hall–Kier alpha value is -3.04. The van der Waals surface area contributed by atoms with Crippen LogP contribution in [0.15, 0.2) is 35.5 Å². The van der Waals surface area contributed by atoms with E-state index in [2.05, 4.69) is 5.16 Å². The first kappa shape index (κ1) is 25.1. The number of aromatic hydroxyl groups is 2. The van der Waals surface area contributed by atoms with E-state index < -0.39 is 17.8 Å². The first-order valence-electron chi connectivity index (χ1n) is 11.7. The molecule has 1 amide bonds. The van der Waals surface area contributed by atoms with E-state index >= 15 is 0 Å². The van der Waals surface area contributed by atoms with Gasteiger partial charge in [-0.15, -0.1) is 0 Å². The van der Waals surface area contributed by atoms with Crippen molar-refractivity contribution in [2.45, 2.75) is 57.3 Å². The molecule has 3 aliphatic rings. The quantitative estimate of drug-likeness (QED) is 0.367. The number of halogens is 1. The fourth-order valence-corrected chi connectivity index (χ4v) is 4.47. The highest BCUT2D eigenvalue weighted by Crippen LogP contribution is 2.38. The van der Waals surface area contributed by atoms with Gasteiger partial charge in [-0.2, -0.15) is 0 Å². The summed E-state index contributed by atoms with van der Waals surface area (Å²) in [7, 11) is 0. The minimum Gasteiger partial charge on any atom is -0.507 e. The van der Waals surface area contributed by atoms with Crippen LogP contribution < -0.4 is 0 Å². The number of benzene rings is 1. The minimum absolute atomic E-state index is 0.0651. The Balaban J connectivity index is 1.61. The molecule has 0 saturated carbocycles. The van der Waals surface area contributed by atoms with Crippen LogP contribution in [0, 0.1) is 0 Å². The molecule has 35 heavy (non-hydrogen) atoms. The molecule has 1 aromatic carbocycles. The van der Waals surface area contributed by atoms with Crippen LogP contribution in [0.3, 0.4) is 0 Å². The van der Waals surface area contributed by atoms with E-state index in [0.29, 0.717) is 25.2 Å². The highest BCUT2D eigenvalue weighted by Gasteiger charge is 2.38. The van der Waals surface area contributed by atoms with Crippen molar-refractivity contribution >= 4 is 29.2 Å². The summed E-state index contributed by atoms with van der Waals surface area (Å²) in [6, 6.07) is 0.999. The molecule has 0 aromatic heterocycles. The van der Waals surface area contributed by atoms with E-state index in [4.69, 9.17) is 25.9 Å². The van der Waals surface area contributed by atoms with Gasteiger partial charge in [0.25, 0.3) is 5.91 Å². The van der Waals surface area contributed by atoms with Crippen molar-refractivity contribution < 1.29 is 34.1 Å². The van der Waals surface area contributed by atoms with E-state index in [0.717, 1.165) is 25.3 Å². The van der Waals surface area contributed by atoms with Crippen LogP contribution in [0.4, 0.5) is 0 Å². The zero-order valence-electron chi connectivity index (χ0n) is 19.5. The molecule has 0 aliphatic carbocycles. The zero-order valence-corrected chi connectivity index (χ0v) is 20.2. The number of phenols is 2. The molecule has 0 bridgehead atoms. The maximum atomic E-state index is 13.0. The van der Waals surface area contributed by atoms with Crippen LogP contribution in [-0.2, 0) is 25.5 Å². The number of oxime groups is 1. The van der Waals surface area contributed by atoms with E-state index in [1.807, 2.05) is 12.2 Å². The van der Waals surface area contributed by atoms with Crippen molar-refractivity contribution in [2.75, 3.05) is 19.7 Å². The number of epoxide rings is 1. The second-order valence-corrected chi connectivity index (χ2v) is 9.27. The monoisotopic (exact) mass is 504 g/mol. The SMILES string of the molecule is CC1CC2OC2\C=C/C=C/C(=N\OCC(=O)N2CCCCC2)Cc2c(Cl)c(O)cc(O)c2C(=O)O1. The van der Waals surface area contributed by atoms with E-state index in [1.165, 1.54) is 0 Å². The van der Waals surface area contributed by atoms with Crippen molar-refractivity contribution in [1.29, 1.82) is 0 Å². The molecule has 0 spiro atoms. The van der Waals surface area contributed by atoms with Crippen LogP contribution in [0.2, 0.25) is 5.02 Å². The lowest BCUT2D eigenvalue weighted by atomic mass is 9.99. The third-order valence-corrected chi connectivity index (χ3v) is 6.58. The summed E-state index contributed by atoms with van der Waals surface area (Å²) < 4.78 is 11.1. The maximum Gasteiger partial charge on any atom is 0.342 e. The molecule has 3 heterocycles. The molecular weight excluding hydrogens is 476 g/mol. The molecule has 2 N–H and O–H groups in total. The molecule has 3 unspecified atom stereocenters. The normalized spacial score (nSPS) is 27.7. The number of likely N-dealkylation sites (tertiary alicyclic amines) is 1. The summed E-state index contributed by atoms with van der Waals surface area (Å²) in [6.45, 7) is 2.92. The van der Waals surface area contributed by atoms with Crippen LogP contribution >= 0.6 is 11.6 Å². The van der Waals surface area contributed by atoms with Crippen LogP contribution in [0.25, 0.3) is 0 Å². The van der Waals surface area contributed by atoms with Crippen LogP contribution in [-0.4, -0.2) is 70.7 Å². The molecule has 2 fully saturated rings. The highest BCUT2D eigenvalue weighted by molar-refractivity contribution is 6.33. The van der Waals surface area contributed by atoms with Crippen molar-refractivity contribution in [3.8, 4) is 11.5 Å². The average Bonchev–Trinajstić information content (AvgIpc) is 3.56. The molecule has 2 saturated heterocycles. The lowest BCUT2D eigenvalue weighted by Crippen LogP contribution is -2.37. The number of phenolic OH excluding ortho intramolecular Hbond substituents is 2. The molecule has 1 aromatic rings. The number of cyclic esters (lactones) is 1. The Morgan fingerprint density at radius 3 is 2.77 bits per heavy atom. The van der Waals surface area contributed by atoms with E-state index in [1.54, 1.807) is 24.0 Å². The van der Waals surface area contributed by atoms with Gasteiger partial charge in [0, 0.05) is 32.0 Å². The predicted octanol–water partition coefficient (Wildman–Crippen LogP) is 3.51. The molecule has 4 rings (SSSR count). The number of carbonyl (C=O) groups excluding carboxylic acids is 2. The molecular formula is C25H29ClN2O7. The van der Waals surface area contributed by atoms with Crippen LogP contribution in [0.5, 0.6) is 11.5 Å². The van der Waals surface area contributed by atoms with E-state index in [9.17, 15) is 19.8 Å². The summed E-state index contributed by atoms with van der Waals surface area (Å²) >= 11 is 6.33. The van der Waals surface area contributed by atoms with Gasteiger partial charge in [0.15, 0.2) is 6.61 Å². The van der Waals surface area contributed by atoms with Gasteiger partial charge in [-0.05, 0) is 37.8 Å². The highest BCUT2D eigenvalue weighted by atomic mass is 35.5. The fourth-order valence-electron chi connectivity index (χ4n) is 4.26. The Labute approximate surface area is 208 Å². The molecule has 3 atom stereocenters. The molecule has 3 aliphatic heterocycles. The first-order chi connectivity index (χ1) is 16.8. The number of nitrogens with zero attached hydrogens (tertiary/aromatic N) is 2. The van der Waals surface area contributed by atoms with Gasteiger partial charge in [-0.3, -0.25) is 4.79 Å². The van der Waals surface area contributed by atoms with Crippen molar-refractivity contribution in [1.82, 2.24) is 4.90 Å². The van der Waals surface area contributed by atoms with Crippen molar-refractivity contribution in [3.63, 3.8) is 0 Å². The Kier molecular flexibility index (Phi) is 7.97. The number of ether oxygens (including phenoxy) is 2. The number of allylic oxidation sites excluding steroid dienone is 3. The maximum absolute atomic E-state index is 13.0. The standard InChI is InChI=1S/C25H29ClN2O7/c1-15-11-21-20(35-21)8-4-3-7-16(27-33-14-22(31)28-9-5-2-6-10-28)12-17-23(25(32)34-15)18(29)13-19(30)24(17)26/h3-4,7-8,13,15,20-21,29-30H,2,5-6,9-12,14H2,1H3/b7-3+,8-4-,27-16+. The average molecular weight is 505 g/mol. The number of amides is 1. The van der Waals surface area contributed by atoms with Crippen molar-refractivity contribution in [3.05, 3.63) is 46.5 Å². The molecule has 188 valence electrons. The number of rotatable bonds is 3.